The minimum absolute atomic E-state index is 0.0558. The van der Waals surface area contributed by atoms with E-state index in [-0.39, 0.29) is 10.4 Å². The van der Waals surface area contributed by atoms with Crippen LogP contribution in [0.5, 0.6) is 17.2 Å². The quantitative estimate of drug-likeness (QED) is 0.450. The Balaban J connectivity index is 1.75. The summed E-state index contributed by atoms with van der Waals surface area (Å²) in [6, 6.07) is 12.0. The normalized spacial score (nSPS) is 15.6. The minimum Gasteiger partial charge on any atom is -0.497 e. The molecule has 0 aromatic heterocycles. The third-order valence-electron chi connectivity index (χ3n) is 4.75. The maximum absolute atomic E-state index is 12.9. The van der Waals surface area contributed by atoms with E-state index in [1.165, 1.54) is 0 Å². The van der Waals surface area contributed by atoms with Crippen molar-refractivity contribution in [1.29, 1.82) is 0 Å². The van der Waals surface area contributed by atoms with Crippen molar-refractivity contribution in [2.24, 2.45) is 0 Å². The second-order valence-electron chi connectivity index (χ2n) is 6.93. The molecule has 0 aliphatic carbocycles. The van der Waals surface area contributed by atoms with Gasteiger partial charge in [-0.25, -0.2) is 0 Å². The van der Waals surface area contributed by atoms with E-state index < -0.39 is 11.8 Å². The summed E-state index contributed by atoms with van der Waals surface area (Å²) >= 11 is 6.41. The van der Waals surface area contributed by atoms with E-state index in [9.17, 15) is 9.59 Å². The van der Waals surface area contributed by atoms with Gasteiger partial charge in [-0.1, -0.05) is 24.8 Å². The molecular weight excluding hydrogens is 448 g/mol. The van der Waals surface area contributed by atoms with Crippen LogP contribution < -0.4 is 19.6 Å². The summed E-state index contributed by atoms with van der Waals surface area (Å²) in [6.45, 7) is 4.03. The Labute approximate surface area is 196 Å². The minimum atomic E-state index is -0.446. The number of thioether (sulfide) groups is 1. The zero-order valence-corrected chi connectivity index (χ0v) is 19.8. The predicted octanol–water partition coefficient (Wildman–Crippen LogP) is 4.43. The first kappa shape index (κ1) is 23.6. The van der Waals surface area contributed by atoms with Crippen molar-refractivity contribution < 1.29 is 23.8 Å². The number of hydrogen-bond donors (Lipinski definition) is 1. The van der Waals surface area contributed by atoms with Crippen LogP contribution >= 0.6 is 24.0 Å². The SMILES string of the molecule is CC[C@H](C)Oc1ccc(/C=C2/SC(=S)N(NC(=O)c3ccc(OC)cc3)C2=O)cc1OC. The van der Waals surface area contributed by atoms with Crippen LogP contribution in [0.2, 0.25) is 0 Å². The van der Waals surface area contributed by atoms with Gasteiger partial charge in [-0.15, -0.1) is 0 Å². The molecule has 1 aliphatic rings. The number of methoxy groups -OCH3 is 2. The lowest BCUT2D eigenvalue weighted by Crippen LogP contribution is -2.44. The lowest BCUT2D eigenvalue weighted by Gasteiger charge is -2.16. The molecule has 32 heavy (non-hydrogen) atoms. The van der Waals surface area contributed by atoms with Crippen LogP contribution in [0.4, 0.5) is 0 Å². The van der Waals surface area contributed by atoms with Crippen molar-refractivity contribution in [3.05, 3.63) is 58.5 Å². The number of hydrazine groups is 1. The van der Waals surface area contributed by atoms with Crippen molar-refractivity contribution in [2.75, 3.05) is 14.2 Å². The number of nitrogens with zero attached hydrogens (tertiary/aromatic N) is 1. The molecular formula is C23H24N2O5S2. The van der Waals surface area contributed by atoms with Crippen LogP contribution in [0.15, 0.2) is 47.4 Å². The fourth-order valence-electron chi connectivity index (χ4n) is 2.80. The molecule has 0 saturated carbocycles. The Hall–Kier alpha value is -3.04. The maximum Gasteiger partial charge on any atom is 0.285 e. The summed E-state index contributed by atoms with van der Waals surface area (Å²) in [7, 11) is 3.11. The van der Waals surface area contributed by atoms with Crippen LogP contribution in [0, 0.1) is 0 Å². The number of nitrogens with one attached hydrogen (secondary N) is 1. The van der Waals surface area contributed by atoms with Crippen LogP contribution in [0.25, 0.3) is 6.08 Å². The first-order chi connectivity index (χ1) is 15.4. The molecule has 7 nitrogen and oxygen atoms in total. The fraction of sp³-hybridized carbons (Fsp3) is 0.261. The lowest BCUT2D eigenvalue weighted by molar-refractivity contribution is -0.123. The summed E-state index contributed by atoms with van der Waals surface area (Å²) in [4.78, 5) is 25.8. The highest BCUT2D eigenvalue weighted by molar-refractivity contribution is 8.26. The number of ether oxygens (including phenoxy) is 3. The molecule has 0 spiro atoms. The van der Waals surface area contributed by atoms with Crippen molar-refractivity contribution >= 4 is 46.2 Å². The van der Waals surface area contributed by atoms with E-state index in [2.05, 4.69) is 5.43 Å². The Morgan fingerprint density at radius 3 is 2.50 bits per heavy atom. The average molecular weight is 473 g/mol. The second kappa shape index (κ2) is 10.5. The van der Waals surface area contributed by atoms with Gasteiger partial charge < -0.3 is 14.2 Å². The standard InChI is InChI=1S/C23H24N2O5S2/c1-5-14(2)30-18-11-6-15(12-19(18)29-4)13-20-22(27)25(23(31)32-20)24-21(26)16-7-9-17(28-3)10-8-16/h6-14H,5H2,1-4H3,(H,24,26)/b20-13+/t14-/m0/s1. The van der Waals surface area contributed by atoms with Crippen LogP contribution in [0.1, 0.15) is 36.2 Å². The summed E-state index contributed by atoms with van der Waals surface area (Å²) < 4.78 is 16.6. The molecule has 9 heteroatoms. The van der Waals surface area contributed by atoms with Crippen molar-refractivity contribution in [2.45, 2.75) is 26.4 Å². The average Bonchev–Trinajstić information content (AvgIpc) is 3.07. The van der Waals surface area contributed by atoms with E-state index >= 15 is 0 Å². The number of rotatable bonds is 8. The number of thiocarbonyl (C=S) groups is 1. The van der Waals surface area contributed by atoms with E-state index in [0.717, 1.165) is 28.8 Å². The molecule has 3 rings (SSSR count). The highest BCUT2D eigenvalue weighted by atomic mass is 32.2. The van der Waals surface area contributed by atoms with Crippen molar-refractivity contribution in [3.8, 4) is 17.2 Å². The van der Waals surface area contributed by atoms with Crippen LogP contribution in [-0.2, 0) is 4.79 Å². The van der Waals surface area contributed by atoms with Gasteiger partial charge in [0.15, 0.2) is 15.8 Å². The molecule has 168 valence electrons. The van der Waals surface area contributed by atoms with Gasteiger partial charge in [-0.05, 0) is 73.6 Å². The summed E-state index contributed by atoms with van der Waals surface area (Å²) in [5.74, 6) is 0.992. The van der Waals surface area contributed by atoms with E-state index in [1.807, 2.05) is 26.0 Å². The second-order valence-corrected chi connectivity index (χ2v) is 8.61. The van der Waals surface area contributed by atoms with Crippen molar-refractivity contribution in [3.63, 3.8) is 0 Å². The zero-order valence-electron chi connectivity index (χ0n) is 18.2. The number of benzene rings is 2. The number of carbonyl (C=O) groups excluding carboxylic acids is 2. The van der Waals surface area contributed by atoms with Gasteiger partial charge in [0, 0.05) is 5.56 Å². The monoisotopic (exact) mass is 472 g/mol. The molecule has 1 aliphatic heterocycles. The Morgan fingerprint density at radius 2 is 1.88 bits per heavy atom. The molecule has 1 saturated heterocycles. The first-order valence-corrected chi connectivity index (χ1v) is 11.2. The lowest BCUT2D eigenvalue weighted by atomic mass is 10.1. The molecule has 2 aromatic rings. The fourth-order valence-corrected chi connectivity index (χ4v) is 3.97. The van der Waals surface area contributed by atoms with E-state index in [0.29, 0.717) is 27.7 Å². The largest absolute Gasteiger partial charge is 0.497 e. The Morgan fingerprint density at radius 1 is 1.16 bits per heavy atom. The molecule has 1 heterocycles. The zero-order chi connectivity index (χ0) is 23.3. The first-order valence-electron chi connectivity index (χ1n) is 9.94. The van der Waals surface area contributed by atoms with Gasteiger partial charge in [0.25, 0.3) is 11.8 Å². The molecule has 0 radical (unpaired) electrons. The van der Waals surface area contributed by atoms with Gasteiger partial charge in [0.2, 0.25) is 0 Å². The topological polar surface area (TPSA) is 77.1 Å². The smallest absolute Gasteiger partial charge is 0.285 e. The van der Waals surface area contributed by atoms with E-state index in [4.69, 9.17) is 26.4 Å². The third-order valence-corrected chi connectivity index (χ3v) is 6.05. The highest BCUT2D eigenvalue weighted by Crippen LogP contribution is 2.34. The summed E-state index contributed by atoms with van der Waals surface area (Å²) in [6.07, 6.45) is 2.63. The highest BCUT2D eigenvalue weighted by Gasteiger charge is 2.33. The molecule has 1 atom stereocenters. The van der Waals surface area contributed by atoms with Gasteiger partial charge in [-0.3, -0.25) is 15.0 Å². The number of hydrogen-bond acceptors (Lipinski definition) is 7. The van der Waals surface area contributed by atoms with Crippen molar-refractivity contribution in [1.82, 2.24) is 10.4 Å². The van der Waals surface area contributed by atoms with E-state index in [1.54, 1.807) is 50.6 Å². The van der Waals surface area contributed by atoms with Gasteiger partial charge >= 0.3 is 0 Å². The molecule has 1 N–H and O–H groups in total. The predicted molar refractivity (Wildman–Crippen MR) is 129 cm³/mol. The Bertz CT molecular complexity index is 1050. The van der Waals surface area contributed by atoms with Crippen LogP contribution in [-0.4, -0.2) is 41.5 Å². The molecule has 2 amide bonds. The third kappa shape index (κ3) is 5.41. The molecule has 2 aromatic carbocycles. The number of carbonyl (C=O) groups is 2. The Kier molecular flexibility index (Phi) is 7.76. The molecule has 0 bridgehead atoms. The van der Waals surface area contributed by atoms with Gasteiger partial charge in [0.1, 0.15) is 5.75 Å². The summed E-state index contributed by atoms with van der Waals surface area (Å²) in [5, 5.41) is 1.08. The van der Waals surface area contributed by atoms with Crippen LogP contribution in [0.3, 0.4) is 0 Å². The maximum atomic E-state index is 12.9. The number of amides is 2. The molecule has 0 unspecified atom stereocenters. The van der Waals surface area contributed by atoms with Gasteiger partial charge in [0.05, 0.1) is 25.2 Å². The van der Waals surface area contributed by atoms with Gasteiger partial charge in [-0.2, -0.15) is 5.01 Å². The molecule has 1 fully saturated rings. The summed E-state index contributed by atoms with van der Waals surface area (Å²) in [5.41, 5.74) is 3.69.